The highest BCUT2D eigenvalue weighted by Gasteiger charge is 2.13. The van der Waals surface area contributed by atoms with Gasteiger partial charge in [0.2, 0.25) is 5.13 Å². The normalized spacial score (nSPS) is 10.1. The number of nitro groups is 1. The van der Waals surface area contributed by atoms with Crippen molar-refractivity contribution in [1.29, 1.82) is 0 Å². The zero-order valence-electron chi connectivity index (χ0n) is 12.0. The van der Waals surface area contributed by atoms with E-state index in [2.05, 4.69) is 15.5 Å². The van der Waals surface area contributed by atoms with Crippen molar-refractivity contribution in [3.63, 3.8) is 0 Å². The highest BCUT2D eigenvalue weighted by atomic mass is 32.1. The molecule has 0 unspecified atom stereocenters. The summed E-state index contributed by atoms with van der Waals surface area (Å²) < 4.78 is 4.83. The van der Waals surface area contributed by atoms with Crippen LogP contribution in [0.15, 0.2) is 24.3 Å². The standard InChI is InChI=1S/C13H12N4O5S/c1-2-11-15-16-13(23-11)14-10(18)7-22-12(19)8-3-5-9(6-4-8)17(20)21/h3-6H,2,7H2,1H3,(H,14,16,18). The van der Waals surface area contributed by atoms with Gasteiger partial charge in [-0.15, -0.1) is 10.2 Å². The molecule has 0 radical (unpaired) electrons. The monoisotopic (exact) mass is 336 g/mol. The number of hydrogen-bond acceptors (Lipinski definition) is 8. The average molecular weight is 336 g/mol. The molecule has 0 spiro atoms. The maximum atomic E-state index is 11.7. The summed E-state index contributed by atoms with van der Waals surface area (Å²) in [5, 5.41) is 21.7. The molecule has 0 aliphatic heterocycles. The second-order valence-electron chi connectivity index (χ2n) is 4.28. The van der Waals surface area contributed by atoms with Gasteiger partial charge in [0.05, 0.1) is 10.5 Å². The van der Waals surface area contributed by atoms with Gasteiger partial charge in [-0.1, -0.05) is 18.3 Å². The first kappa shape index (κ1) is 16.5. The van der Waals surface area contributed by atoms with E-state index >= 15 is 0 Å². The van der Waals surface area contributed by atoms with E-state index in [1.165, 1.54) is 35.6 Å². The van der Waals surface area contributed by atoms with Gasteiger partial charge in [0.25, 0.3) is 11.6 Å². The molecule has 0 bridgehead atoms. The molecule has 0 aliphatic rings. The molecule has 1 amide bonds. The van der Waals surface area contributed by atoms with Crippen LogP contribution in [0.2, 0.25) is 0 Å². The van der Waals surface area contributed by atoms with E-state index in [0.29, 0.717) is 11.6 Å². The number of aryl methyl sites for hydroxylation is 1. The highest BCUT2D eigenvalue weighted by Crippen LogP contribution is 2.15. The van der Waals surface area contributed by atoms with Crippen molar-refractivity contribution >= 4 is 34.0 Å². The van der Waals surface area contributed by atoms with Gasteiger partial charge >= 0.3 is 5.97 Å². The highest BCUT2D eigenvalue weighted by molar-refractivity contribution is 7.15. The van der Waals surface area contributed by atoms with E-state index in [1.807, 2.05) is 6.92 Å². The second-order valence-corrected chi connectivity index (χ2v) is 5.34. The fourth-order valence-electron chi connectivity index (χ4n) is 1.54. The number of esters is 1. The smallest absolute Gasteiger partial charge is 0.338 e. The number of nitrogens with one attached hydrogen (secondary N) is 1. The number of nitro benzene ring substituents is 1. The zero-order valence-corrected chi connectivity index (χ0v) is 12.8. The summed E-state index contributed by atoms with van der Waals surface area (Å²) in [5.74, 6) is -1.29. The zero-order chi connectivity index (χ0) is 16.8. The second kappa shape index (κ2) is 7.40. The van der Waals surface area contributed by atoms with Crippen molar-refractivity contribution in [2.45, 2.75) is 13.3 Å². The van der Waals surface area contributed by atoms with Crippen LogP contribution in [-0.2, 0) is 16.0 Å². The predicted molar refractivity (Wildman–Crippen MR) is 81.3 cm³/mol. The number of ether oxygens (including phenoxy) is 1. The lowest BCUT2D eigenvalue weighted by molar-refractivity contribution is -0.384. The molecule has 0 saturated heterocycles. The summed E-state index contributed by atoms with van der Waals surface area (Å²) in [6, 6.07) is 4.89. The van der Waals surface area contributed by atoms with Crippen molar-refractivity contribution in [2.24, 2.45) is 0 Å². The lowest BCUT2D eigenvalue weighted by Crippen LogP contribution is -2.20. The minimum absolute atomic E-state index is 0.118. The Morgan fingerprint density at radius 1 is 1.30 bits per heavy atom. The molecule has 2 aromatic rings. The molecule has 23 heavy (non-hydrogen) atoms. The average Bonchev–Trinajstić information content (AvgIpc) is 3.00. The predicted octanol–water partition coefficient (Wildman–Crippen LogP) is 1.80. The third-order valence-corrected chi connectivity index (χ3v) is 3.65. The molecule has 0 fully saturated rings. The van der Waals surface area contributed by atoms with Gasteiger partial charge in [0.15, 0.2) is 6.61 Å². The maximum Gasteiger partial charge on any atom is 0.338 e. The summed E-state index contributed by atoms with van der Waals surface area (Å²) >= 11 is 1.24. The van der Waals surface area contributed by atoms with E-state index in [1.54, 1.807) is 0 Å². The molecule has 1 N–H and O–H groups in total. The number of carbonyl (C=O) groups is 2. The van der Waals surface area contributed by atoms with Gasteiger partial charge in [-0.05, 0) is 18.6 Å². The van der Waals surface area contributed by atoms with Crippen LogP contribution in [0.3, 0.4) is 0 Å². The third kappa shape index (κ3) is 4.54. The Balaban J connectivity index is 1.85. The molecule has 1 heterocycles. The Kier molecular flexibility index (Phi) is 5.31. The number of hydrogen-bond donors (Lipinski definition) is 1. The summed E-state index contributed by atoms with van der Waals surface area (Å²) in [6.07, 6.45) is 0.711. The van der Waals surface area contributed by atoms with Crippen LogP contribution < -0.4 is 5.32 Å². The Morgan fingerprint density at radius 3 is 2.57 bits per heavy atom. The number of non-ortho nitro benzene ring substituents is 1. The molecule has 0 aliphatic carbocycles. The first-order chi connectivity index (χ1) is 11.0. The van der Waals surface area contributed by atoms with Crippen LogP contribution in [0, 0.1) is 10.1 Å². The molecule has 10 heteroatoms. The largest absolute Gasteiger partial charge is 0.452 e. The van der Waals surface area contributed by atoms with Crippen molar-refractivity contribution in [1.82, 2.24) is 10.2 Å². The lowest BCUT2D eigenvalue weighted by atomic mass is 10.2. The quantitative estimate of drug-likeness (QED) is 0.484. The number of benzene rings is 1. The van der Waals surface area contributed by atoms with Crippen molar-refractivity contribution in [3.8, 4) is 0 Å². The minimum Gasteiger partial charge on any atom is -0.452 e. The van der Waals surface area contributed by atoms with Gasteiger partial charge in [-0.25, -0.2) is 4.79 Å². The number of aromatic nitrogens is 2. The Labute approximate surface area is 134 Å². The number of carbonyl (C=O) groups excluding carboxylic acids is 2. The van der Waals surface area contributed by atoms with E-state index < -0.39 is 23.4 Å². The summed E-state index contributed by atoms with van der Waals surface area (Å²) in [5.41, 5.74) is -0.0186. The van der Waals surface area contributed by atoms with Crippen LogP contribution in [0.4, 0.5) is 10.8 Å². The molecular weight excluding hydrogens is 324 g/mol. The van der Waals surface area contributed by atoms with Crippen LogP contribution in [0.25, 0.3) is 0 Å². The van der Waals surface area contributed by atoms with E-state index in [4.69, 9.17) is 4.74 Å². The Morgan fingerprint density at radius 2 is 2.00 bits per heavy atom. The van der Waals surface area contributed by atoms with Crippen LogP contribution in [0.1, 0.15) is 22.3 Å². The van der Waals surface area contributed by atoms with Gasteiger partial charge in [-0.2, -0.15) is 0 Å². The third-order valence-electron chi connectivity index (χ3n) is 2.66. The van der Waals surface area contributed by atoms with Crippen molar-refractivity contribution in [2.75, 3.05) is 11.9 Å². The molecule has 1 aromatic carbocycles. The van der Waals surface area contributed by atoms with Gasteiger partial charge in [-0.3, -0.25) is 20.2 Å². The van der Waals surface area contributed by atoms with Gasteiger partial charge in [0.1, 0.15) is 5.01 Å². The maximum absolute atomic E-state index is 11.7. The van der Waals surface area contributed by atoms with Crippen molar-refractivity contribution in [3.05, 3.63) is 45.0 Å². The molecular formula is C13H12N4O5S. The Hall–Kier alpha value is -2.88. The van der Waals surface area contributed by atoms with E-state index in [9.17, 15) is 19.7 Å². The molecule has 2 rings (SSSR count). The summed E-state index contributed by atoms with van der Waals surface area (Å²) in [4.78, 5) is 33.3. The molecule has 0 saturated carbocycles. The first-order valence-corrected chi connectivity index (χ1v) is 7.35. The lowest BCUT2D eigenvalue weighted by Gasteiger charge is -2.04. The fourth-order valence-corrected chi connectivity index (χ4v) is 2.23. The first-order valence-electron chi connectivity index (χ1n) is 6.53. The SMILES string of the molecule is CCc1nnc(NC(=O)COC(=O)c2ccc([N+](=O)[O-])cc2)s1. The number of rotatable bonds is 6. The molecule has 120 valence electrons. The van der Waals surface area contributed by atoms with Gasteiger partial charge < -0.3 is 4.74 Å². The van der Waals surface area contributed by atoms with Crippen LogP contribution in [-0.4, -0.2) is 33.6 Å². The van der Waals surface area contributed by atoms with Gasteiger partial charge in [0, 0.05) is 12.1 Å². The number of nitrogens with zero attached hydrogens (tertiary/aromatic N) is 3. The Bertz CT molecular complexity index is 728. The molecule has 9 nitrogen and oxygen atoms in total. The van der Waals surface area contributed by atoms with E-state index in [-0.39, 0.29) is 11.3 Å². The topological polar surface area (TPSA) is 124 Å². The fraction of sp³-hybridized carbons (Fsp3) is 0.231. The molecule has 1 aromatic heterocycles. The van der Waals surface area contributed by atoms with E-state index in [0.717, 1.165) is 5.01 Å². The number of anilines is 1. The van der Waals surface area contributed by atoms with Crippen molar-refractivity contribution < 1.29 is 19.2 Å². The van der Waals surface area contributed by atoms with Crippen LogP contribution in [0.5, 0.6) is 0 Å². The summed E-state index contributed by atoms with van der Waals surface area (Å²) in [7, 11) is 0. The van der Waals surface area contributed by atoms with Crippen LogP contribution >= 0.6 is 11.3 Å². The molecule has 0 atom stereocenters. The number of amides is 1. The minimum atomic E-state index is -0.749. The summed E-state index contributed by atoms with van der Waals surface area (Å²) in [6.45, 7) is 1.43.